The molecule has 1 aromatic rings. The largest absolute Gasteiger partial charge is 0.497 e. The molecule has 0 unspecified atom stereocenters. The summed E-state index contributed by atoms with van der Waals surface area (Å²) in [6.07, 6.45) is 0. The first-order valence-corrected chi connectivity index (χ1v) is 5.49. The lowest BCUT2D eigenvalue weighted by molar-refractivity contribution is 0.414. The lowest BCUT2D eigenvalue weighted by Gasteiger charge is -2.10. The van der Waals surface area contributed by atoms with Crippen molar-refractivity contribution in [2.45, 2.75) is 13.8 Å². The number of benzene rings is 1. The van der Waals surface area contributed by atoms with Gasteiger partial charge >= 0.3 is 0 Å². The molecule has 3 heteroatoms. The summed E-state index contributed by atoms with van der Waals surface area (Å²) in [6, 6.07) is 5.98. The summed E-state index contributed by atoms with van der Waals surface area (Å²) in [5, 5.41) is 3.35. The fourth-order valence-corrected chi connectivity index (χ4v) is 1.58. The summed E-state index contributed by atoms with van der Waals surface area (Å²) in [5.74, 6) is 1.51. The highest BCUT2D eigenvalue weighted by Gasteiger charge is 1.99. The van der Waals surface area contributed by atoms with Gasteiger partial charge in [0, 0.05) is 22.8 Å². The molecule has 1 N–H and O–H groups in total. The molecular weight excluding hydrogens is 242 g/mol. The van der Waals surface area contributed by atoms with Crippen molar-refractivity contribution in [3.05, 3.63) is 22.7 Å². The Labute approximate surface area is 93.8 Å². The molecule has 0 radical (unpaired) electrons. The van der Waals surface area contributed by atoms with Crippen LogP contribution < -0.4 is 10.1 Å². The molecule has 0 aliphatic rings. The lowest BCUT2D eigenvalue weighted by atomic mass is 10.2. The third-order valence-electron chi connectivity index (χ3n) is 1.82. The van der Waals surface area contributed by atoms with Crippen molar-refractivity contribution >= 4 is 21.6 Å². The Morgan fingerprint density at radius 3 is 2.64 bits per heavy atom. The van der Waals surface area contributed by atoms with Crippen molar-refractivity contribution in [1.29, 1.82) is 0 Å². The van der Waals surface area contributed by atoms with Gasteiger partial charge in [-0.15, -0.1) is 0 Å². The molecule has 1 rings (SSSR count). The van der Waals surface area contributed by atoms with Gasteiger partial charge in [-0.05, 0) is 18.1 Å². The van der Waals surface area contributed by atoms with Crippen LogP contribution in [0.3, 0.4) is 0 Å². The van der Waals surface area contributed by atoms with Crippen LogP contribution in [0.5, 0.6) is 5.75 Å². The predicted molar refractivity (Wildman–Crippen MR) is 64.0 cm³/mol. The molecular formula is C11H16BrNO. The van der Waals surface area contributed by atoms with Crippen LogP contribution in [-0.4, -0.2) is 13.7 Å². The van der Waals surface area contributed by atoms with Gasteiger partial charge in [0.05, 0.1) is 7.11 Å². The highest BCUT2D eigenvalue weighted by Crippen LogP contribution is 2.24. The molecule has 78 valence electrons. The van der Waals surface area contributed by atoms with E-state index in [1.165, 1.54) is 0 Å². The minimum Gasteiger partial charge on any atom is -0.497 e. The minimum atomic E-state index is 0.639. The second-order valence-corrected chi connectivity index (χ2v) is 4.57. The SMILES string of the molecule is COc1cc(Br)cc(NCC(C)C)c1. The summed E-state index contributed by atoms with van der Waals surface area (Å²) in [4.78, 5) is 0. The van der Waals surface area contributed by atoms with Crippen LogP contribution in [0.4, 0.5) is 5.69 Å². The first-order chi connectivity index (χ1) is 6.61. The Balaban J connectivity index is 2.71. The topological polar surface area (TPSA) is 21.3 Å². The first-order valence-electron chi connectivity index (χ1n) is 4.70. The van der Waals surface area contributed by atoms with Crippen molar-refractivity contribution < 1.29 is 4.74 Å². The number of nitrogens with one attached hydrogen (secondary N) is 1. The van der Waals surface area contributed by atoms with Gasteiger partial charge in [-0.3, -0.25) is 0 Å². The van der Waals surface area contributed by atoms with Gasteiger partial charge in [0.1, 0.15) is 5.75 Å². The summed E-state index contributed by atoms with van der Waals surface area (Å²) in [7, 11) is 1.67. The third-order valence-corrected chi connectivity index (χ3v) is 2.28. The summed E-state index contributed by atoms with van der Waals surface area (Å²) >= 11 is 3.44. The Kier molecular flexibility index (Phi) is 4.26. The number of ether oxygens (including phenoxy) is 1. The van der Waals surface area contributed by atoms with Crippen LogP contribution >= 0.6 is 15.9 Å². The molecule has 0 spiro atoms. The van der Waals surface area contributed by atoms with Gasteiger partial charge in [-0.1, -0.05) is 29.8 Å². The van der Waals surface area contributed by atoms with Crippen LogP contribution in [-0.2, 0) is 0 Å². The van der Waals surface area contributed by atoms with E-state index in [1.54, 1.807) is 7.11 Å². The zero-order valence-electron chi connectivity index (χ0n) is 8.80. The van der Waals surface area contributed by atoms with Crippen molar-refractivity contribution in [3.8, 4) is 5.75 Å². The van der Waals surface area contributed by atoms with E-state index < -0.39 is 0 Å². The number of rotatable bonds is 4. The molecule has 1 aromatic carbocycles. The van der Waals surface area contributed by atoms with Crippen molar-refractivity contribution in [3.63, 3.8) is 0 Å². The van der Waals surface area contributed by atoms with Crippen molar-refractivity contribution in [2.75, 3.05) is 19.0 Å². The fraction of sp³-hybridized carbons (Fsp3) is 0.455. The lowest BCUT2D eigenvalue weighted by Crippen LogP contribution is -2.07. The number of halogens is 1. The molecule has 0 heterocycles. The molecule has 0 saturated heterocycles. The summed E-state index contributed by atoms with van der Waals surface area (Å²) in [5.41, 5.74) is 1.09. The maximum Gasteiger partial charge on any atom is 0.122 e. The molecule has 14 heavy (non-hydrogen) atoms. The zero-order chi connectivity index (χ0) is 10.6. The van der Waals surface area contributed by atoms with Crippen molar-refractivity contribution in [2.24, 2.45) is 5.92 Å². The molecule has 0 fully saturated rings. The Morgan fingerprint density at radius 2 is 2.07 bits per heavy atom. The predicted octanol–water partition coefficient (Wildman–Crippen LogP) is 3.53. The third kappa shape index (κ3) is 3.58. The summed E-state index contributed by atoms with van der Waals surface area (Å²) in [6.45, 7) is 5.34. The second-order valence-electron chi connectivity index (χ2n) is 3.65. The molecule has 0 aromatic heterocycles. The van der Waals surface area contributed by atoms with E-state index in [0.717, 1.165) is 22.5 Å². The fourth-order valence-electron chi connectivity index (χ4n) is 1.10. The normalized spacial score (nSPS) is 10.4. The van der Waals surface area contributed by atoms with Gasteiger partial charge in [-0.2, -0.15) is 0 Å². The van der Waals surface area contributed by atoms with E-state index in [0.29, 0.717) is 5.92 Å². The molecule has 0 saturated carbocycles. The highest BCUT2D eigenvalue weighted by atomic mass is 79.9. The van der Waals surface area contributed by atoms with Crippen LogP contribution in [0.25, 0.3) is 0 Å². The van der Waals surface area contributed by atoms with Gasteiger partial charge in [0.2, 0.25) is 0 Å². The molecule has 0 aliphatic heterocycles. The van der Waals surface area contributed by atoms with E-state index in [-0.39, 0.29) is 0 Å². The quantitative estimate of drug-likeness (QED) is 0.892. The average molecular weight is 258 g/mol. The highest BCUT2D eigenvalue weighted by molar-refractivity contribution is 9.10. The molecule has 0 amide bonds. The van der Waals surface area contributed by atoms with Crippen LogP contribution in [0.2, 0.25) is 0 Å². The minimum absolute atomic E-state index is 0.639. The van der Waals surface area contributed by atoms with Crippen LogP contribution in [0.15, 0.2) is 22.7 Å². The molecule has 2 nitrogen and oxygen atoms in total. The van der Waals surface area contributed by atoms with E-state index in [9.17, 15) is 0 Å². The smallest absolute Gasteiger partial charge is 0.122 e. The first kappa shape index (κ1) is 11.4. The van der Waals surface area contributed by atoms with Gasteiger partial charge in [0.25, 0.3) is 0 Å². The van der Waals surface area contributed by atoms with Crippen LogP contribution in [0, 0.1) is 5.92 Å². The maximum atomic E-state index is 5.17. The number of methoxy groups -OCH3 is 1. The van der Waals surface area contributed by atoms with Gasteiger partial charge in [-0.25, -0.2) is 0 Å². The Hall–Kier alpha value is -0.700. The molecule has 0 bridgehead atoms. The van der Waals surface area contributed by atoms with E-state index in [1.807, 2.05) is 18.2 Å². The van der Waals surface area contributed by atoms with Gasteiger partial charge < -0.3 is 10.1 Å². The molecule has 0 aliphatic carbocycles. The number of anilines is 1. The second kappa shape index (κ2) is 5.25. The Bertz CT molecular complexity index is 299. The van der Waals surface area contributed by atoms with E-state index in [2.05, 4.69) is 35.1 Å². The zero-order valence-corrected chi connectivity index (χ0v) is 10.4. The standard InChI is InChI=1S/C11H16BrNO/c1-8(2)7-13-10-4-9(12)5-11(6-10)14-3/h4-6,8,13H,7H2,1-3H3. The van der Waals surface area contributed by atoms with Gasteiger partial charge in [0.15, 0.2) is 0 Å². The Morgan fingerprint density at radius 1 is 1.36 bits per heavy atom. The summed E-state index contributed by atoms with van der Waals surface area (Å²) < 4.78 is 6.20. The molecule has 0 atom stereocenters. The van der Waals surface area contributed by atoms with E-state index in [4.69, 9.17) is 4.74 Å². The number of hydrogen-bond acceptors (Lipinski definition) is 2. The number of hydrogen-bond donors (Lipinski definition) is 1. The maximum absolute atomic E-state index is 5.17. The van der Waals surface area contributed by atoms with E-state index >= 15 is 0 Å². The van der Waals surface area contributed by atoms with Crippen LogP contribution in [0.1, 0.15) is 13.8 Å². The van der Waals surface area contributed by atoms with Crippen molar-refractivity contribution in [1.82, 2.24) is 0 Å². The monoisotopic (exact) mass is 257 g/mol. The average Bonchev–Trinajstić information content (AvgIpc) is 2.14.